The maximum Gasteiger partial charge on any atom is 0.323 e. The Morgan fingerprint density at radius 3 is 1.82 bits per heavy atom. The van der Waals surface area contributed by atoms with E-state index in [9.17, 15) is 9.59 Å². The van der Waals surface area contributed by atoms with Crippen LogP contribution >= 0.6 is 0 Å². The Morgan fingerprint density at radius 2 is 1.26 bits per heavy atom. The normalized spacial score (nSPS) is 10.6. The first-order valence-corrected chi connectivity index (χ1v) is 11.5. The number of carbonyl (C=O) groups is 2. The molecular formula is C27H32N4O3. The van der Waals surface area contributed by atoms with E-state index in [1.807, 2.05) is 37.4 Å². The standard InChI is InChI=1S/C27H32N4O3/c1-4-31(5-2)20-19-30(3)26(32)21-11-13-22(14-12-21)28-27(33)29-23-15-17-25(18-16-23)34-24-9-7-6-8-10-24/h6-18H,4-5,19-20H2,1-3H3,(H2,28,29,33). The molecule has 0 heterocycles. The third kappa shape index (κ3) is 7.35. The molecule has 3 rings (SSSR count). The van der Waals surface area contributed by atoms with Crippen molar-refractivity contribution in [1.82, 2.24) is 9.80 Å². The molecular weight excluding hydrogens is 428 g/mol. The third-order valence-corrected chi connectivity index (χ3v) is 5.47. The highest BCUT2D eigenvalue weighted by Crippen LogP contribution is 2.22. The van der Waals surface area contributed by atoms with E-state index in [2.05, 4.69) is 29.4 Å². The molecule has 0 aliphatic carbocycles. The zero-order valence-corrected chi connectivity index (χ0v) is 20.0. The van der Waals surface area contributed by atoms with Gasteiger partial charge in [0.15, 0.2) is 0 Å². The number of nitrogens with zero attached hydrogens (tertiary/aromatic N) is 2. The van der Waals surface area contributed by atoms with E-state index in [-0.39, 0.29) is 11.9 Å². The van der Waals surface area contributed by atoms with Crippen molar-refractivity contribution >= 4 is 23.3 Å². The van der Waals surface area contributed by atoms with Gasteiger partial charge in [0.25, 0.3) is 5.91 Å². The minimum absolute atomic E-state index is 0.0408. The van der Waals surface area contributed by atoms with Crippen LogP contribution in [0.2, 0.25) is 0 Å². The minimum Gasteiger partial charge on any atom is -0.457 e. The van der Waals surface area contributed by atoms with Crippen molar-refractivity contribution < 1.29 is 14.3 Å². The van der Waals surface area contributed by atoms with Gasteiger partial charge >= 0.3 is 6.03 Å². The quantitative estimate of drug-likeness (QED) is 0.417. The number of hydrogen-bond donors (Lipinski definition) is 2. The van der Waals surface area contributed by atoms with E-state index in [0.29, 0.717) is 29.2 Å². The summed E-state index contributed by atoms with van der Waals surface area (Å²) in [6.45, 7) is 7.66. The third-order valence-electron chi connectivity index (χ3n) is 5.47. The van der Waals surface area contributed by atoms with E-state index >= 15 is 0 Å². The Hall–Kier alpha value is -3.84. The van der Waals surface area contributed by atoms with Crippen molar-refractivity contribution in [2.75, 3.05) is 43.9 Å². The van der Waals surface area contributed by atoms with Gasteiger partial charge in [0.1, 0.15) is 11.5 Å². The van der Waals surface area contributed by atoms with E-state index < -0.39 is 0 Å². The van der Waals surface area contributed by atoms with Crippen molar-refractivity contribution in [3.63, 3.8) is 0 Å². The molecule has 0 unspecified atom stereocenters. The number of benzene rings is 3. The number of nitrogens with one attached hydrogen (secondary N) is 2. The van der Waals surface area contributed by atoms with Gasteiger partial charge in [-0.2, -0.15) is 0 Å². The number of para-hydroxylation sites is 1. The monoisotopic (exact) mass is 460 g/mol. The molecule has 0 spiro atoms. The van der Waals surface area contributed by atoms with Gasteiger partial charge in [-0.1, -0.05) is 32.0 Å². The highest BCUT2D eigenvalue weighted by Gasteiger charge is 2.13. The summed E-state index contributed by atoms with van der Waals surface area (Å²) in [6.07, 6.45) is 0. The molecule has 178 valence electrons. The van der Waals surface area contributed by atoms with Crippen LogP contribution in [0, 0.1) is 0 Å². The Balaban J connectivity index is 1.49. The molecule has 0 fully saturated rings. The maximum absolute atomic E-state index is 12.6. The lowest BCUT2D eigenvalue weighted by Gasteiger charge is -2.23. The van der Waals surface area contributed by atoms with Crippen LogP contribution in [-0.2, 0) is 0 Å². The smallest absolute Gasteiger partial charge is 0.323 e. The van der Waals surface area contributed by atoms with Crippen molar-refractivity contribution in [1.29, 1.82) is 0 Å². The molecule has 0 atom stereocenters. The Labute approximate surface area is 201 Å². The molecule has 7 nitrogen and oxygen atoms in total. The van der Waals surface area contributed by atoms with E-state index in [1.165, 1.54) is 0 Å². The number of anilines is 2. The van der Waals surface area contributed by atoms with Crippen LogP contribution in [0.15, 0.2) is 78.9 Å². The summed E-state index contributed by atoms with van der Waals surface area (Å²) in [5, 5.41) is 5.57. The van der Waals surface area contributed by atoms with Gasteiger partial charge in [-0.25, -0.2) is 4.79 Å². The Morgan fingerprint density at radius 1 is 0.735 bits per heavy atom. The highest BCUT2D eigenvalue weighted by atomic mass is 16.5. The molecule has 34 heavy (non-hydrogen) atoms. The number of amides is 3. The molecule has 0 saturated carbocycles. The highest BCUT2D eigenvalue weighted by molar-refractivity contribution is 6.00. The zero-order valence-electron chi connectivity index (χ0n) is 20.0. The van der Waals surface area contributed by atoms with Gasteiger partial charge in [-0.3, -0.25) is 4.79 Å². The lowest BCUT2D eigenvalue weighted by atomic mass is 10.2. The molecule has 0 aliphatic rings. The van der Waals surface area contributed by atoms with Crippen molar-refractivity contribution in [3.05, 3.63) is 84.4 Å². The topological polar surface area (TPSA) is 73.9 Å². The molecule has 2 N–H and O–H groups in total. The van der Waals surface area contributed by atoms with E-state index in [1.54, 1.807) is 53.4 Å². The second kappa shape index (κ2) is 12.4. The van der Waals surface area contributed by atoms with Crippen molar-refractivity contribution in [2.45, 2.75) is 13.8 Å². The SMILES string of the molecule is CCN(CC)CCN(C)C(=O)c1ccc(NC(=O)Nc2ccc(Oc3ccccc3)cc2)cc1. The van der Waals surface area contributed by atoms with Crippen LogP contribution in [0.3, 0.4) is 0 Å². The summed E-state index contributed by atoms with van der Waals surface area (Å²) in [4.78, 5) is 29.0. The molecule has 0 aliphatic heterocycles. The summed E-state index contributed by atoms with van der Waals surface area (Å²) < 4.78 is 5.76. The minimum atomic E-state index is -0.368. The molecule has 0 bridgehead atoms. The first kappa shape index (κ1) is 24.8. The summed E-state index contributed by atoms with van der Waals surface area (Å²) in [7, 11) is 1.81. The van der Waals surface area contributed by atoms with Crippen LogP contribution < -0.4 is 15.4 Å². The second-order valence-electron chi connectivity index (χ2n) is 7.85. The summed E-state index contributed by atoms with van der Waals surface area (Å²) >= 11 is 0. The number of ether oxygens (including phenoxy) is 1. The average Bonchev–Trinajstić information content (AvgIpc) is 2.86. The predicted molar refractivity (Wildman–Crippen MR) is 137 cm³/mol. The first-order valence-electron chi connectivity index (χ1n) is 11.5. The largest absolute Gasteiger partial charge is 0.457 e. The maximum atomic E-state index is 12.6. The fraction of sp³-hybridized carbons (Fsp3) is 0.259. The average molecular weight is 461 g/mol. The van der Waals surface area contributed by atoms with Gasteiger partial charge in [0.2, 0.25) is 0 Å². The fourth-order valence-electron chi connectivity index (χ4n) is 3.37. The van der Waals surface area contributed by atoms with Crippen LogP contribution in [0.25, 0.3) is 0 Å². The summed E-state index contributed by atoms with van der Waals surface area (Å²) in [6, 6.07) is 23.1. The second-order valence-corrected chi connectivity index (χ2v) is 7.85. The molecule has 0 radical (unpaired) electrons. The number of urea groups is 1. The molecule has 3 aromatic carbocycles. The fourth-order valence-corrected chi connectivity index (χ4v) is 3.37. The van der Waals surface area contributed by atoms with Gasteiger partial charge in [0, 0.05) is 37.1 Å². The van der Waals surface area contributed by atoms with Crippen LogP contribution in [0.1, 0.15) is 24.2 Å². The van der Waals surface area contributed by atoms with Gasteiger partial charge < -0.3 is 25.2 Å². The van der Waals surface area contributed by atoms with E-state index in [4.69, 9.17) is 4.74 Å². The lowest BCUT2D eigenvalue weighted by Crippen LogP contribution is -2.36. The molecule has 0 saturated heterocycles. The van der Waals surface area contributed by atoms with Crippen molar-refractivity contribution in [2.24, 2.45) is 0 Å². The molecule has 0 aromatic heterocycles. The summed E-state index contributed by atoms with van der Waals surface area (Å²) in [5.41, 5.74) is 1.82. The van der Waals surface area contributed by atoms with Gasteiger partial charge in [-0.15, -0.1) is 0 Å². The van der Waals surface area contributed by atoms with E-state index in [0.717, 1.165) is 25.4 Å². The number of hydrogen-bond acceptors (Lipinski definition) is 4. The molecule has 3 aromatic rings. The van der Waals surface area contributed by atoms with Crippen LogP contribution in [0.5, 0.6) is 11.5 Å². The number of carbonyl (C=O) groups excluding carboxylic acids is 2. The lowest BCUT2D eigenvalue weighted by molar-refractivity contribution is 0.0780. The number of rotatable bonds is 10. The Kier molecular flexibility index (Phi) is 9.05. The van der Waals surface area contributed by atoms with Gasteiger partial charge in [0.05, 0.1) is 0 Å². The summed E-state index contributed by atoms with van der Waals surface area (Å²) in [5.74, 6) is 1.39. The Bertz CT molecular complexity index is 1050. The van der Waals surface area contributed by atoms with Gasteiger partial charge in [-0.05, 0) is 73.8 Å². The zero-order chi connectivity index (χ0) is 24.3. The van der Waals surface area contributed by atoms with Crippen LogP contribution in [0.4, 0.5) is 16.2 Å². The number of likely N-dealkylation sites (N-methyl/N-ethyl adjacent to an activating group) is 2. The predicted octanol–water partition coefficient (Wildman–Crippen LogP) is 5.54. The molecule has 7 heteroatoms. The molecule has 3 amide bonds. The first-order chi connectivity index (χ1) is 16.5. The van der Waals surface area contributed by atoms with Crippen molar-refractivity contribution in [3.8, 4) is 11.5 Å². The van der Waals surface area contributed by atoms with Crippen LogP contribution in [-0.4, -0.2) is 55.0 Å².